The van der Waals surface area contributed by atoms with Crippen LogP contribution in [0.2, 0.25) is 0 Å². The van der Waals surface area contributed by atoms with Crippen molar-refractivity contribution in [3.05, 3.63) is 21.9 Å². The molecular weight excluding hydrogens is 266 g/mol. The van der Waals surface area contributed by atoms with Crippen LogP contribution in [0.1, 0.15) is 30.2 Å². The van der Waals surface area contributed by atoms with Gasteiger partial charge in [0, 0.05) is 37.1 Å². The van der Waals surface area contributed by atoms with E-state index < -0.39 is 0 Å². The normalized spacial score (nSPS) is 20.1. The van der Waals surface area contributed by atoms with E-state index in [4.69, 9.17) is 0 Å². The Labute approximate surface area is 128 Å². The molecule has 1 unspecified atom stereocenters. The Morgan fingerprint density at radius 1 is 1.50 bits per heavy atom. The number of hydrogen-bond donors (Lipinski definition) is 1. The first-order valence-corrected chi connectivity index (χ1v) is 8.75. The third-order valence-corrected chi connectivity index (χ3v) is 5.37. The first-order chi connectivity index (χ1) is 9.70. The molecule has 3 nitrogen and oxygen atoms in total. The molecule has 2 rings (SSSR count). The number of aryl methyl sites for hydroxylation is 1. The maximum atomic E-state index is 3.56. The van der Waals surface area contributed by atoms with Crippen LogP contribution in [-0.2, 0) is 6.54 Å². The minimum absolute atomic E-state index is 0.782. The number of hydrogen-bond acceptors (Lipinski definition) is 4. The summed E-state index contributed by atoms with van der Waals surface area (Å²) in [4.78, 5) is 6.58. The first kappa shape index (κ1) is 16.0. The molecule has 1 aliphatic heterocycles. The van der Waals surface area contributed by atoms with Crippen LogP contribution in [0.25, 0.3) is 0 Å². The van der Waals surface area contributed by atoms with Gasteiger partial charge in [0.05, 0.1) is 0 Å². The molecule has 4 heteroatoms. The lowest BCUT2D eigenvalue weighted by Crippen LogP contribution is -2.40. The number of likely N-dealkylation sites (tertiary alicyclic amines) is 1. The Balaban J connectivity index is 1.60. The molecule has 0 spiro atoms. The van der Waals surface area contributed by atoms with E-state index in [1.54, 1.807) is 0 Å². The third kappa shape index (κ3) is 4.55. The fourth-order valence-electron chi connectivity index (χ4n) is 3.03. The van der Waals surface area contributed by atoms with Gasteiger partial charge in [-0.2, -0.15) is 0 Å². The first-order valence-electron chi connectivity index (χ1n) is 7.87. The molecule has 0 saturated carbocycles. The lowest BCUT2D eigenvalue weighted by Gasteiger charge is -2.27. The summed E-state index contributed by atoms with van der Waals surface area (Å²) in [6.45, 7) is 11.4. The SMILES string of the molecule is CCN1CCCC1CN(C)CCNCc1sccc1C. The number of nitrogens with one attached hydrogen (secondary N) is 1. The van der Waals surface area contributed by atoms with Crippen molar-refractivity contribution >= 4 is 11.3 Å². The van der Waals surface area contributed by atoms with Gasteiger partial charge < -0.3 is 10.2 Å². The van der Waals surface area contributed by atoms with Gasteiger partial charge in [-0.3, -0.25) is 4.90 Å². The highest BCUT2D eigenvalue weighted by Gasteiger charge is 2.23. The smallest absolute Gasteiger partial charge is 0.0302 e. The van der Waals surface area contributed by atoms with Crippen molar-refractivity contribution in [3.8, 4) is 0 Å². The van der Waals surface area contributed by atoms with Crippen LogP contribution in [0.4, 0.5) is 0 Å². The summed E-state index contributed by atoms with van der Waals surface area (Å²) in [7, 11) is 2.25. The molecule has 2 heterocycles. The van der Waals surface area contributed by atoms with Crippen molar-refractivity contribution in [2.45, 2.75) is 39.3 Å². The van der Waals surface area contributed by atoms with Gasteiger partial charge in [-0.1, -0.05) is 6.92 Å². The molecule has 1 aromatic heterocycles. The van der Waals surface area contributed by atoms with Crippen molar-refractivity contribution in [1.82, 2.24) is 15.1 Å². The van der Waals surface area contributed by atoms with Crippen molar-refractivity contribution in [2.24, 2.45) is 0 Å². The van der Waals surface area contributed by atoms with Crippen molar-refractivity contribution in [2.75, 3.05) is 39.8 Å². The summed E-state index contributed by atoms with van der Waals surface area (Å²) < 4.78 is 0. The average Bonchev–Trinajstić information content (AvgIpc) is 3.04. The summed E-state index contributed by atoms with van der Waals surface area (Å²) in [6.07, 6.45) is 2.75. The zero-order valence-electron chi connectivity index (χ0n) is 13.2. The second-order valence-corrected chi connectivity index (χ2v) is 6.89. The molecule has 20 heavy (non-hydrogen) atoms. The van der Waals surface area contributed by atoms with Gasteiger partial charge in [0.2, 0.25) is 0 Å². The van der Waals surface area contributed by atoms with Gasteiger partial charge in [0.15, 0.2) is 0 Å². The highest BCUT2D eigenvalue weighted by atomic mass is 32.1. The Bertz CT molecular complexity index is 391. The number of likely N-dealkylation sites (N-methyl/N-ethyl adjacent to an activating group) is 2. The molecule has 1 atom stereocenters. The molecule has 114 valence electrons. The van der Waals surface area contributed by atoms with Gasteiger partial charge in [-0.25, -0.2) is 0 Å². The second kappa shape index (κ2) is 8.13. The van der Waals surface area contributed by atoms with Gasteiger partial charge in [-0.15, -0.1) is 11.3 Å². The summed E-state index contributed by atoms with van der Waals surface area (Å²) in [6, 6.07) is 2.98. The topological polar surface area (TPSA) is 18.5 Å². The zero-order chi connectivity index (χ0) is 14.4. The Kier molecular flexibility index (Phi) is 6.49. The van der Waals surface area contributed by atoms with E-state index in [0.717, 1.165) is 25.7 Å². The zero-order valence-corrected chi connectivity index (χ0v) is 14.0. The van der Waals surface area contributed by atoms with Crippen molar-refractivity contribution in [3.63, 3.8) is 0 Å². The van der Waals surface area contributed by atoms with Gasteiger partial charge in [0.1, 0.15) is 0 Å². The van der Waals surface area contributed by atoms with Crippen LogP contribution in [0, 0.1) is 6.92 Å². The van der Waals surface area contributed by atoms with E-state index >= 15 is 0 Å². The molecule has 0 amide bonds. The molecule has 0 aromatic carbocycles. The fraction of sp³-hybridized carbons (Fsp3) is 0.750. The maximum Gasteiger partial charge on any atom is 0.0302 e. The Hall–Kier alpha value is -0.420. The fourth-order valence-corrected chi connectivity index (χ4v) is 3.90. The van der Waals surface area contributed by atoms with Crippen molar-refractivity contribution in [1.29, 1.82) is 0 Å². The molecular formula is C16H29N3S. The standard InChI is InChI=1S/C16H29N3S/c1-4-19-9-5-6-15(19)13-18(3)10-8-17-12-16-14(2)7-11-20-16/h7,11,15,17H,4-6,8-10,12-13H2,1-3H3. The number of nitrogens with zero attached hydrogens (tertiary/aromatic N) is 2. The summed E-state index contributed by atoms with van der Waals surface area (Å²) in [5.74, 6) is 0. The maximum absolute atomic E-state index is 3.56. The summed E-state index contributed by atoms with van der Waals surface area (Å²) in [5, 5.41) is 5.74. The monoisotopic (exact) mass is 295 g/mol. The van der Waals surface area contributed by atoms with Gasteiger partial charge >= 0.3 is 0 Å². The van der Waals surface area contributed by atoms with Crippen LogP contribution < -0.4 is 5.32 Å². The van der Waals surface area contributed by atoms with Crippen LogP contribution in [0.15, 0.2) is 11.4 Å². The quantitative estimate of drug-likeness (QED) is 0.744. The number of thiophene rings is 1. The predicted octanol–water partition coefficient (Wildman–Crippen LogP) is 2.56. The van der Waals surface area contributed by atoms with E-state index in [0.29, 0.717) is 0 Å². The summed E-state index contributed by atoms with van der Waals surface area (Å²) in [5.41, 5.74) is 1.42. The molecule has 1 saturated heterocycles. The minimum atomic E-state index is 0.782. The molecule has 1 aromatic rings. The molecule has 0 aliphatic carbocycles. The van der Waals surface area contributed by atoms with E-state index in [1.165, 1.54) is 42.9 Å². The highest BCUT2D eigenvalue weighted by Crippen LogP contribution is 2.17. The molecule has 0 bridgehead atoms. The van der Waals surface area contributed by atoms with Crippen LogP contribution >= 0.6 is 11.3 Å². The molecule has 0 radical (unpaired) electrons. The average molecular weight is 295 g/mol. The molecule has 1 N–H and O–H groups in total. The molecule has 1 aliphatic rings. The van der Waals surface area contributed by atoms with E-state index in [-0.39, 0.29) is 0 Å². The molecule has 1 fully saturated rings. The second-order valence-electron chi connectivity index (χ2n) is 5.89. The van der Waals surface area contributed by atoms with E-state index in [9.17, 15) is 0 Å². The minimum Gasteiger partial charge on any atom is -0.311 e. The lowest BCUT2D eigenvalue weighted by molar-refractivity contribution is 0.199. The van der Waals surface area contributed by atoms with Crippen LogP contribution in [0.5, 0.6) is 0 Å². The van der Waals surface area contributed by atoms with Crippen LogP contribution in [0.3, 0.4) is 0 Å². The van der Waals surface area contributed by atoms with Crippen LogP contribution in [-0.4, -0.2) is 55.6 Å². The largest absolute Gasteiger partial charge is 0.311 e. The Morgan fingerprint density at radius 3 is 3.05 bits per heavy atom. The van der Waals surface area contributed by atoms with Gasteiger partial charge in [0.25, 0.3) is 0 Å². The lowest BCUT2D eigenvalue weighted by atomic mass is 10.2. The van der Waals surface area contributed by atoms with Gasteiger partial charge in [-0.05, 0) is 56.9 Å². The summed E-state index contributed by atoms with van der Waals surface area (Å²) >= 11 is 1.86. The third-order valence-electron chi connectivity index (χ3n) is 4.35. The Morgan fingerprint density at radius 2 is 2.35 bits per heavy atom. The van der Waals surface area contributed by atoms with E-state index in [2.05, 4.69) is 47.5 Å². The number of rotatable bonds is 8. The predicted molar refractivity (Wildman–Crippen MR) is 88.5 cm³/mol. The highest BCUT2D eigenvalue weighted by molar-refractivity contribution is 7.10. The van der Waals surface area contributed by atoms with E-state index in [1.807, 2.05) is 11.3 Å². The van der Waals surface area contributed by atoms with Crippen molar-refractivity contribution < 1.29 is 0 Å².